The Morgan fingerprint density at radius 2 is 2.17 bits per heavy atom. The predicted molar refractivity (Wildman–Crippen MR) is 64.6 cm³/mol. The first-order valence-corrected chi connectivity index (χ1v) is 5.89. The molecule has 2 amide bonds. The molecule has 2 rings (SSSR count). The van der Waals surface area contributed by atoms with Crippen LogP contribution in [0.25, 0.3) is 0 Å². The third-order valence-electron chi connectivity index (χ3n) is 1.94. The summed E-state index contributed by atoms with van der Waals surface area (Å²) in [6.45, 7) is 0.198. The normalized spacial score (nSPS) is 9.78. The Kier molecular flexibility index (Phi) is 3.92. The van der Waals surface area contributed by atoms with Gasteiger partial charge in [-0.1, -0.05) is 17.4 Å². The van der Waals surface area contributed by atoms with E-state index in [4.69, 9.17) is 0 Å². The number of nitrogens with one attached hydrogen (secondary N) is 2. The molecule has 0 bridgehead atoms. The van der Waals surface area contributed by atoms with Gasteiger partial charge >= 0.3 is 11.8 Å². The lowest BCUT2D eigenvalue weighted by molar-refractivity contribution is -0.136. The fraction of sp³-hybridized carbons (Fsp3) is 0.100. The first-order valence-electron chi connectivity index (χ1n) is 5.01. The molecular weight excluding hydrogens is 254 g/mol. The Balaban J connectivity index is 1.83. The number of hydrogen-bond acceptors (Lipinski definition) is 6. The Labute approximate surface area is 106 Å². The molecule has 0 unspecified atom stereocenters. The summed E-state index contributed by atoms with van der Waals surface area (Å²) in [4.78, 5) is 26.9. The number of carbonyl (C=O) groups excluding carboxylic acids is 2. The lowest BCUT2D eigenvalue weighted by Crippen LogP contribution is -2.35. The summed E-state index contributed by atoms with van der Waals surface area (Å²) < 4.78 is 0. The lowest BCUT2D eigenvalue weighted by atomic mass is 10.3. The Hall–Kier alpha value is -2.35. The third kappa shape index (κ3) is 3.32. The average molecular weight is 263 g/mol. The van der Waals surface area contributed by atoms with Crippen molar-refractivity contribution in [3.8, 4) is 0 Å². The van der Waals surface area contributed by atoms with E-state index in [1.165, 1.54) is 5.51 Å². The van der Waals surface area contributed by atoms with Crippen molar-refractivity contribution in [3.63, 3.8) is 0 Å². The molecule has 2 heterocycles. The van der Waals surface area contributed by atoms with E-state index in [0.29, 0.717) is 5.69 Å². The molecule has 0 fully saturated rings. The van der Waals surface area contributed by atoms with E-state index in [9.17, 15) is 9.59 Å². The van der Waals surface area contributed by atoms with Crippen molar-refractivity contribution < 1.29 is 9.59 Å². The van der Waals surface area contributed by atoms with Gasteiger partial charge in [0.05, 0.1) is 12.2 Å². The molecule has 2 aromatic heterocycles. The monoisotopic (exact) mass is 263 g/mol. The molecular formula is C10H9N5O2S. The number of pyridine rings is 1. The first kappa shape index (κ1) is 12.1. The number of rotatable bonds is 3. The molecule has 2 aromatic rings. The van der Waals surface area contributed by atoms with E-state index < -0.39 is 11.8 Å². The van der Waals surface area contributed by atoms with E-state index >= 15 is 0 Å². The molecule has 0 spiro atoms. The maximum atomic E-state index is 11.4. The molecule has 0 radical (unpaired) electrons. The van der Waals surface area contributed by atoms with Crippen LogP contribution in [0.1, 0.15) is 5.69 Å². The van der Waals surface area contributed by atoms with Gasteiger partial charge in [0.1, 0.15) is 5.51 Å². The summed E-state index contributed by atoms with van der Waals surface area (Å²) in [6.07, 6.45) is 1.61. The Bertz CT molecular complexity index is 528. The van der Waals surface area contributed by atoms with Gasteiger partial charge in [0.25, 0.3) is 0 Å². The Morgan fingerprint density at radius 3 is 2.83 bits per heavy atom. The summed E-state index contributed by atoms with van der Waals surface area (Å²) in [5.41, 5.74) is 2.14. The van der Waals surface area contributed by atoms with Gasteiger partial charge in [-0.2, -0.15) is 0 Å². The second-order valence-corrected chi connectivity index (χ2v) is 4.03. The van der Waals surface area contributed by atoms with Crippen molar-refractivity contribution in [2.45, 2.75) is 6.54 Å². The highest BCUT2D eigenvalue weighted by Gasteiger charge is 2.14. The van der Waals surface area contributed by atoms with Gasteiger partial charge in [-0.3, -0.25) is 19.9 Å². The van der Waals surface area contributed by atoms with Gasteiger partial charge in [0.2, 0.25) is 5.13 Å². The van der Waals surface area contributed by atoms with E-state index in [-0.39, 0.29) is 11.7 Å². The van der Waals surface area contributed by atoms with Crippen molar-refractivity contribution >= 4 is 28.3 Å². The topological polar surface area (TPSA) is 96.9 Å². The van der Waals surface area contributed by atoms with E-state index in [1.807, 2.05) is 0 Å². The van der Waals surface area contributed by atoms with Crippen molar-refractivity contribution in [2.24, 2.45) is 0 Å². The van der Waals surface area contributed by atoms with Crippen molar-refractivity contribution in [1.82, 2.24) is 20.5 Å². The number of amides is 2. The van der Waals surface area contributed by atoms with Crippen molar-refractivity contribution in [1.29, 1.82) is 0 Å². The number of carbonyl (C=O) groups is 2. The first-order chi connectivity index (χ1) is 8.75. The summed E-state index contributed by atoms with van der Waals surface area (Å²) in [7, 11) is 0. The molecule has 2 N–H and O–H groups in total. The fourth-order valence-corrected chi connectivity index (χ4v) is 1.58. The van der Waals surface area contributed by atoms with Crippen molar-refractivity contribution in [2.75, 3.05) is 5.32 Å². The van der Waals surface area contributed by atoms with Crippen LogP contribution in [0.15, 0.2) is 29.9 Å². The van der Waals surface area contributed by atoms with Gasteiger partial charge in [-0.05, 0) is 12.1 Å². The zero-order valence-corrected chi connectivity index (χ0v) is 9.98. The minimum absolute atomic E-state index is 0.198. The molecule has 0 saturated carbocycles. The van der Waals surface area contributed by atoms with Crippen LogP contribution in [-0.4, -0.2) is 27.0 Å². The maximum Gasteiger partial charge on any atom is 0.315 e. The largest absolute Gasteiger partial charge is 0.342 e. The quantitative estimate of drug-likeness (QED) is 0.770. The fourth-order valence-electron chi connectivity index (χ4n) is 1.14. The highest BCUT2D eigenvalue weighted by Crippen LogP contribution is 2.07. The summed E-state index contributed by atoms with van der Waals surface area (Å²) >= 11 is 1.14. The number of nitrogens with zero attached hydrogens (tertiary/aromatic N) is 3. The number of aromatic nitrogens is 3. The zero-order valence-electron chi connectivity index (χ0n) is 9.16. The molecule has 0 aliphatic heterocycles. The van der Waals surface area contributed by atoms with Gasteiger partial charge in [0, 0.05) is 6.20 Å². The van der Waals surface area contributed by atoms with E-state index in [2.05, 4.69) is 25.8 Å². The second kappa shape index (κ2) is 5.82. The van der Waals surface area contributed by atoms with Gasteiger partial charge in [-0.15, -0.1) is 10.2 Å². The maximum absolute atomic E-state index is 11.4. The number of anilines is 1. The van der Waals surface area contributed by atoms with Crippen LogP contribution in [0.3, 0.4) is 0 Å². The van der Waals surface area contributed by atoms with E-state index in [1.54, 1.807) is 24.4 Å². The van der Waals surface area contributed by atoms with Crippen LogP contribution in [0.4, 0.5) is 5.13 Å². The van der Waals surface area contributed by atoms with Crippen LogP contribution in [0.5, 0.6) is 0 Å². The van der Waals surface area contributed by atoms with Crippen LogP contribution in [0.2, 0.25) is 0 Å². The molecule has 0 aromatic carbocycles. The predicted octanol–water partition coefficient (Wildman–Crippen LogP) is 0.188. The number of hydrogen-bond donors (Lipinski definition) is 2. The molecule has 18 heavy (non-hydrogen) atoms. The van der Waals surface area contributed by atoms with Crippen molar-refractivity contribution in [3.05, 3.63) is 35.6 Å². The highest BCUT2D eigenvalue weighted by molar-refractivity contribution is 7.13. The molecule has 0 saturated heterocycles. The molecule has 0 aliphatic carbocycles. The smallest absolute Gasteiger partial charge is 0.315 e. The van der Waals surface area contributed by atoms with E-state index in [0.717, 1.165) is 11.3 Å². The molecule has 0 atom stereocenters. The second-order valence-electron chi connectivity index (χ2n) is 3.20. The van der Waals surface area contributed by atoms with Crippen LogP contribution in [0, 0.1) is 0 Å². The SMILES string of the molecule is O=C(NCc1ccccn1)C(=O)Nc1nncs1. The standard InChI is InChI=1S/C10H9N5O2S/c16-8(9(17)14-10-15-13-6-18-10)12-5-7-3-1-2-4-11-7/h1-4,6H,5H2,(H,12,16)(H,14,15,17). The minimum atomic E-state index is -0.775. The molecule has 8 heteroatoms. The van der Waals surface area contributed by atoms with Crippen LogP contribution in [-0.2, 0) is 16.1 Å². The lowest BCUT2D eigenvalue weighted by Gasteiger charge is -2.03. The van der Waals surface area contributed by atoms with Gasteiger partial charge < -0.3 is 5.32 Å². The summed E-state index contributed by atoms with van der Waals surface area (Å²) in [5.74, 6) is -1.52. The highest BCUT2D eigenvalue weighted by atomic mass is 32.1. The molecule has 7 nitrogen and oxygen atoms in total. The van der Waals surface area contributed by atoms with Gasteiger partial charge in [0.15, 0.2) is 0 Å². The molecule has 0 aliphatic rings. The summed E-state index contributed by atoms with van der Waals surface area (Å²) in [5, 5.41) is 12.2. The third-order valence-corrected chi connectivity index (χ3v) is 2.55. The average Bonchev–Trinajstić information content (AvgIpc) is 2.90. The zero-order chi connectivity index (χ0) is 12.8. The van der Waals surface area contributed by atoms with Gasteiger partial charge in [-0.25, -0.2) is 0 Å². The van der Waals surface area contributed by atoms with Crippen LogP contribution < -0.4 is 10.6 Å². The minimum Gasteiger partial charge on any atom is -0.342 e. The molecule has 92 valence electrons. The summed E-state index contributed by atoms with van der Waals surface area (Å²) in [6, 6.07) is 5.33. The van der Waals surface area contributed by atoms with Crippen LogP contribution >= 0.6 is 11.3 Å². The Morgan fingerprint density at radius 1 is 1.28 bits per heavy atom.